The van der Waals surface area contributed by atoms with Gasteiger partial charge >= 0.3 is 0 Å². The molecule has 0 amide bonds. The lowest BCUT2D eigenvalue weighted by molar-refractivity contribution is 0.310. The van der Waals surface area contributed by atoms with Crippen molar-refractivity contribution in [3.05, 3.63) is 26.6 Å². The molecule has 0 atom stereocenters. The van der Waals surface area contributed by atoms with E-state index in [1.807, 2.05) is 0 Å². The Hall–Kier alpha value is -1.61. The minimum absolute atomic E-state index is 0.0787. The smallest absolute Gasteiger partial charge is 0.235 e. The number of hydrazone groups is 1. The molecule has 2 aromatic rings. The lowest BCUT2D eigenvalue weighted by Gasteiger charge is -2.02. The van der Waals surface area contributed by atoms with Crippen LogP contribution in [0.1, 0.15) is 5.56 Å². The second-order valence-corrected chi connectivity index (χ2v) is 4.96. The summed E-state index contributed by atoms with van der Waals surface area (Å²) in [6, 6.07) is 3.43. The molecule has 0 aliphatic heterocycles. The molecular weight excluding hydrogens is 370 g/mol. The van der Waals surface area contributed by atoms with Crippen LogP contribution in [0.15, 0.2) is 30.8 Å². The molecule has 0 radical (unpaired) electrons. The first kappa shape index (κ1) is 12.8. The Balaban J connectivity index is 2.17. The molecule has 1 aromatic carbocycles. The second kappa shape index (κ2) is 5.36. The predicted octanol–water partition coefficient (Wildman–Crippen LogP) is 2.33. The number of phenols is 1. The Bertz CT molecular complexity index is 599. The molecule has 0 saturated carbocycles. The number of nitrogens with two attached hydrogens (primary N) is 1. The van der Waals surface area contributed by atoms with Gasteiger partial charge < -0.3 is 10.8 Å². The molecular formula is C9H7Br2N5O2. The molecule has 4 N–H and O–H groups in total. The number of anilines is 2. The number of aromatic hydroxyl groups is 1. The quantitative estimate of drug-likeness (QED) is 0.560. The van der Waals surface area contributed by atoms with Crippen LogP contribution in [0.5, 0.6) is 5.75 Å². The number of hydrogen-bond donors (Lipinski definition) is 3. The Morgan fingerprint density at radius 2 is 2.17 bits per heavy atom. The molecule has 0 aliphatic rings. The van der Waals surface area contributed by atoms with E-state index in [2.05, 4.69) is 57.3 Å². The third-order valence-corrected chi connectivity index (χ3v) is 3.01. The highest BCUT2D eigenvalue weighted by Crippen LogP contribution is 2.30. The monoisotopic (exact) mass is 375 g/mol. The van der Waals surface area contributed by atoms with E-state index >= 15 is 0 Å². The van der Waals surface area contributed by atoms with Gasteiger partial charge in [-0.15, -0.1) is 0 Å². The van der Waals surface area contributed by atoms with Gasteiger partial charge in [-0.3, -0.25) is 5.43 Å². The van der Waals surface area contributed by atoms with Crippen molar-refractivity contribution in [2.75, 3.05) is 11.2 Å². The highest BCUT2D eigenvalue weighted by Gasteiger charge is 2.06. The Morgan fingerprint density at radius 1 is 1.39 bits per heavy atom. The highest BCUT2D eigenvalue weighted by molar-refractivity contribution is 9.11. The summed E-state index contributed by atoms with van der Waals surface area (Å²) >= 11 is 6.53. The lowest BCUT2D eigenvalue weighted by Crippen LogP contribution is -1.95. The van der Waals surface area contributed by atoms with Crippen molar-refractivity contribution in [3.63, 3.8) is 0 Å². The molecule has 0 spiro atoms. The van der Waals surface area contributed by atoms with E-state index in [0.29, 0.717) is 10.0 Å². The Labute approximate surface area is 118 Å². The van der Waals surface area contributed by atoms with E-state index < -0.39 is 0 Å². The van der Waals surface area contributed by atoms with E-state index in [-0.39, 0.29) is 17.4 Å². The molecule has 1 aromatic heterocycles. The van der Waals surface area contributed by atoms with Crippen molar-refractivity contribution in [2.24, 2.45) is 5.10 Å². The van der Waals surface area contributed by atoms with Crippen LogP contribution in [0, 0.1) is 0 Å². The number of nitrogen functional groups attached to an aromatic ring is 1. The summed E-state index contributed by atoms with van der Waals surface area (Å²) in [5.41, 5.74) is 8.49. The number of phenolic OH excluding ortho intramolecular Hbond substituents is 1. The molecule has 18 heavy (non-hydrogen) atoms. The largest absolute Gasteiger partial charge is 0.506 e. The number of hydrogen-bond acceptors (Lipinski definition) is 7. The average molecular weight is 377 g/mol. The summed E-state index contributed by atoms with van der Waals surface area (Å²) in [6.45, 7) is 0. The fraction of sp³-hybridized carbons (Fsp3) is 0. The molecule has 1 heterocycles. The predicted molar refractivity (Wildman–Crippen MR) is 73.4 cm³/mol. The topological polar surface area (TPSA) is 110 Å². The van der Waals surface area contributed by atoms with Crippen LogP contribution in [0.4, 0.5) is 11.6 Å². The second-order valence-electron chi connectivity index (χ2n) is 3.19. The van der Waals surface area contributed by atoms with E-state index in [4.69, 9.17) is 5.73 Å². The Kier molecular flexibility index (Phi) is 3.82. The summed E-state index contributed by atoms with van der Waals surface area (Å²) in [5, 5.41) is 20.5. The number of aromatic nitrogens is 2. The van der Waals surface area contributed by atoms with E-state index in [0.717, 1.165) is 4.47 Å². The third kappa shape index (κ3) is 2.79. The molecule has 2 rings (SSSR count). The van der Waals surface area contributed by atoms with Gasteiger partial charge in [-0.25, -0.2) is 4.63 Å². The van der Waals surface area contributed by atoms with Gasteiger partial charge in [0.1, 0.15) is 5.75 Å². The van der Waals surface area contributed by atoms with E-state index in [1.165, 1.54) is 6.21 Å². The highest BCUT2D eigenvalue weighted by atomic mass is 79.9. The van der Waals surface area contributed by atoms with Gasteiger partial charge in [0.05, 0.1) is 10.7 Å². The van der Waals surface area contributed by atoms with Gasteiger partial charge in [0, 0.05) is 10.0 Å². The number of rotatable bonds is 3. The van der Waals surface area contributed by atoms with Crippen molar-refractivity contribution in [1.82, 2.24) is 10.3 Å². The van der Waals surface area contributed by atoms with Crippen LogP contribution in [0.3, 0.4) is 0 Å². The fourth-order valence-electron chi connectivity index (χ4n) is 1.12. The standard InChI is InChI=1S/C9H7Br2N5O2/c10-5-1-4(7(17)6(11)2-5)3-13-14-9-8(12)15-18-16-9/h1-3,17H,(H2,12,15)(H,14,16). The van der Waals surface area contributed by atoms with Gasteiger partial charge in [-0.2, -0.15) is 5.10 Å². The van der Waals surface area contributed by atoms with Crippen molar-refractivity contribution in [3.8, 4) is 5.75 Å². The summed E-state index contributed by atoms with van der Waals surface area (Å²) < 4.78 is 5.74. The zero-order valence-corrected chi connectivity index (χ0v) is 11.9. The Morgan fingerprint density at radius 3 is 2.83 bits per heavy atom. The molecule has 7 nitrogen and oxygen atoms in total. The van der Waals surface area contributed by atoms with Crippen molar-refractivity contribution >= 4 is 49.7 Å². The molecule has 0 bridgehead atoms. The normalized spacial score (nSPS) is 11.0. The zero-order chi connectivity index (χ0) is 13.1. The summed E-state index contributed by atoms with van der Waals surface area (Å²) in [6.07, 6.45) is 1.42. The average Bonchev–Trinajstić information content (AvgIpc) is 2.71. The van der Waals surface area contributed by atoms with Gasteiger partial charge in [-0.1, -0.05) is 15.9 Å². The van der Waals surface area contributed by atoms with Crippen molar-refractivity contribution in [2.45, 2.75) is 0 Å². The SMILES string of the molecule is Nc1nonc1NN=Cc1cc(Br)cc(Br)c1O. The van der Waals surface area contributed by atoms with E-state index in [9.17, 15) is 5.11 Å². The number of nitrogens with one attached hydrogen (secondary N) is 1. The van der Waals surface area contributed by atoms with Crippen LogP contribution in [-0.4, -0.2) is 21.6 Å². The molecule has 94 valence electrons. The van der Waals surface area contributed by atoms with E-state index in [1.54, 1.807) is 12.1 Å². The maximum absolute atomic E-state index is 9.78. The maximum atomic E-state index is 9.78. The minimum atomic E-state index is 0.0787. The van der Waals surface area contributed by atoms with Crippen molar-refractivity contribution < 1.29 is 9.74 Å². The lowest BCUT2D eigenvalue weighted by atomic mass is 10.2. The minimum Gasteiger partial charge on any atom is -0.506 e. The fourth-order valence-corrected chi connectivity index (χ4v) is 2.38. The first-order valence-corrected chi connectivity index (χ1v) is 6.21. The first-order chi connectivity index (χ1) is 8.58. The maximum Gasteiger partial charge on any atom is 0.235 e. The summed E-state index contributed by atoms with van der Waals surface area (Å²) in [4.78, 5) is 0. The van der Waals surface area contributed by atoms with Gasteiger partial charge in [-0.05, 0) is 38.4 Å². The van der Waals surface area contributed by atoms with Gasteiger partial charge in [0.2, 0.25) is 11.6 Å². The molecule has 0 aliphatic carbocycles. The third-order valence-electron chi connectivity index (χ3n) is 1.95. The van der Waals surface area contributed by atoms with Crippen molar-refractivity contribution in [1.29, 1.82) is 0 Å². The molecule has 0 saturated heterocycles. The first-order valence-electron chi connectivity index (χ1n) is 4.63. The van der Waals surface area contributed by atoms with Crippen LogP contribution in [0.25, 0.3) is 0 Å². The van der Waals surface area contributed by atoms with Crippen LogP contribution >= 0.6 is 31.9 Å². The number of nitrogens with zero attached hydrogens (tertiary/aromatic N) is 3. The van der Waals surface area contributed by atoms with Gasteiger partial charge in [0.25, 0.3) is 0 Å². The molecule has 0 fully saturated rings. The van der Waals surface area contributed by atoms with Gasteiger partial charge in [0.15, 0.2) is 0 Å². The number of benzene rings is 1. The molecule has 0 unspecified atom stereocenters. The van der Waals surface area contributed by atoms with Crippen LogP contribution in [-0.2, 0) is 0 Å². The molecule has 9 heteroatoms. The zero-order valence-electron chi connectivity index (χ0n) is 8.76. The van der Waals surface area contributed by atoms with Crippen LogP contribution < -0.4 is 11.2 Å². The number of halogens is 2. The summed E-state index contributed by atoms with van der Waals surface area (Å²) in [7, 11) is 0. The van der Waals surface area contributed by atoms with Crippen LogP contribution in [0.2, 0.25) is 0 Å². The summed E-state index contributed by atoms with van der Waals surface area (Å²) in [5.74, 6) is 0.390.